The fraction of sp³-hybridized carbons (Fsp3) is 1.00. The van der Waals surface area contributed by atoms with E-state index in [2.05, 4.69) is 6.92 Å². The molecule has 1 heterocycles. The largest absolute Gasteiger partial charge is 0.259 e. The van der Waals surface area contributed by atoms with Gasteiger partial charge in [0.25, 0.3) is 0 Å². The lowest BCUT2D eigenvalue weighted by Gasteiger charge is -2.04. The zero-order valence-electron chi connectivity index (χ0n) is 6.38. The van der Waals surface area contributed by atoms with Gasteiger partial charge in [-0.3, -0.25) is 4.21 Å². The predicted octanol–water partition coefficient (Wildman–Crippen LogP) is 1.70. The first-order valence-corrected chi connectivity index (χ1v) is 5.46. The maximum atomic E-state index is 11.5. The molecule has 1 nitrogen and oxygen atoms in total. The Hall–Kier alpha value is 0.150. The minimum Gasteiger partial charge on any atom is -0.259 e. The van der Waals surface area contributed by atoms with Crippen molar-refractivity contribution >= 4 is 10.8 Å². The van der Waals surface area contributed by atoms with Crippen LogP contribution < -0.4 is 0 Å². The van der Waals surface area contributed by atoms with Crippen molar-refractivity contribution < 1.29 is 4.21 Å². The van der Waals surface area contributed by atoms with Crippen LogP contribution in [0.2, 0.25) is 0 Å². The van der Waals surface area contributed by atoms with Gasteiger partial charge in [0.1, 0.15) is 0 Å². The first-order valence-electron chi connectivity index (χ1n) is 4.18. The third kappa shape index (κ3) is 0.849. The van der Waals surface area contributed by atoms with Crippen LogP contribution in [0.1, 0.15) is 32.6 Å². The molecule has 1 saturated heterocycles. The monoisotopic (exact) mass is 158 g/mol. The number of rotatable bonds is 0. The lowest BCUT2D eigenvalue weighted by atomic mass is 10.0. The van der Waals surface area contributed by atoms with Crippen molar-refractivity contribution in [2.24, 2.45) is 5.92 Å². The Kier molecular flexibility index (Phi) is 1.59. The fourth-order valence-corrected chi connectivity index (χ4v) is 4.46. The SMILES string of the molecule is C[C@@H]1C[C@@H]2CCC[C@@H]2S1=O. The summed E-state index contributed by atoms with van der Waals surface area (Å²) in [6.45, 7) is 2.13. The van der Waals surface area contributed by atoms with E-state index >= 15 is 0 Å². The molecule has 2 fully saturated rings. The highest BCUT2D eigenvalue weighted by atomic mass is 32.2. The standard InChI is InChI=1S/C8H14OS/c1-6-5-7-3-2-4-8(7)10(6)9/h6-8H,2-5H2,1H3/t6-,7+,8+,10?/m1/s1. The van der Waals surface area contributed by atoms with E-state index < -0.39 is 10.8 Å². The molecule has 0 spiro atoms. The summed E-state index contributed by atoms with van der Waals surface area (Å²) < 4.78 is 11.5. The molecule has 1 aliphatic heterocycles. The van der Waals surface area contributed by atoms with Gasteiger partial charge < -0.3 is 0 Å². The van der Waals surface area contributed by atoms with Crippen molar-refractivity contribution in [1.82, 2.24) is 0 Å². The van der Waals surface area contributed by atoms with E-state index in [1.165, 1.54) is 25.7 Å². The third-order valence-electron chi connectivity index (χ3n) is 2.92. The van der Waals surface area contributed by atoms with E-state index in [-0.39, 0.29) is 0 Å². The Labute approximate surface area is 64.7 Å². The van der Waals surface area contributed by atoms with E-state index in [0.29, 0.717) is 10.5 Å². The van der Waals surface area contributed by atoms with Crippen LogP contribution in [0.3, 0.4) is 0 Å². The van der Waals surface area contributed by atoms with Gasteiger partial charge in [0, 0.05) is 21.3 Å². The zero-order chi connectivity index (χ0) is 7.14. The first-order chi connectivity index (χ1) is 4.79. The molecule has 0 aromatic carbocycles. The van der Waals surface area contributed by atoms with Gasteiger partial charge in [0.2, 0.25) is 0 Å². The molecule has 58 valence electrons. The van der Waals surface area contributed by atoms with Gasteiger partial charge in [-0.1, -0.05) is 13.3 Å². The van der Waals surface area contributed by atoms with Crippen molar-refractivity contribution in [3.05, 3.63) is 0 Å². The molecule has 0 aromatic rings. The van der Waals surface area contributed by atoms with Gasteiger partial charge in [-0.15, -0.1) is 0 Å². The second-order valence-corrected chi connectivity index (χ2v) is 5.67. The van der Waals surface area contributed by atoms with Crippen LogP contribution in [0.15, 0.2) is 0 Å². The Morgan fingerprint density at radius 1 is 1.40 bits per heavy atom. The molecule has 2 heteroatoms. The first kappa shape index (κ1) is 6.84. The van der Waals surface area contributed by atoms with Crippen molar-refractivity contribution in [2.45, 2.75) is 43.1 Å². The number of hydrogen-bond acceptors (Lipinski definition) is 1. The molecule has 0 N–H and O–H groups in total. The summed E-state index contributed by atoms with van der Waals surface area (Å²) in [6.07, 6.45) is 5.15. The molecule has 4 atom stereocenters. The second kappa shape index (κ2) is 2.33. The van der Waals surface area contributed by atoms with Crippen LogP contribution in [0.25, 0.3) is 0 Å². The highest BCUT2D eigenvalue weighted by molar-refractivity contribution is 7.86. The van der Waals surface area contributed by atoms with Gasteiger partial charge in [-0.25, -0.2) is 0 Å². The van der Waals surface area contributed by atoms with Crippen molar-refractivity contribution in [3.8, 4) is 0 Å². The topological polar surface area (TPSA) is 17.1 Å². The average Bonchev–Trinajstić information content (AvgIpc) is 2.41. The Morgan fingerprint density at radius 2 is 2.20 bits per heavy atom. The van der Waals surface area contributed by atoms with Crippen LogP contribution in [-0.4, -0.2) is 14.7 Å². The molecule has 0 amide bonds. The molecule has 10 heavy (non-hydrogen) atoms. The van der Waals surface area contributed by atoms with Crippen LogP contribution in [-0.2, 0) is 10.8 Å². The smallest absolute Gasteiger partial charge is 0.0379 e. The maximum Gasteiger partial charge on any atom is 0.0379 e. The second-order valence-electron chi connectivity index (χ2n) is 3.60. The third-order valence-corrected chi connectivity index (χ3v) is 5.12. The molecular weight excluding hydrogens is 144 g/mol. The highest BCUT2D eigenvalue weighted by Gasteiger charge is 2.41. The average molecular weight is 158 g/mol. The van der Waals surface area contributed by atoms with Gasteiger partial charge in [0.05, 0.1) is 0 Å². The summed E-state index contributed by atoms with van der Waals surface area (Å²) >= 11 is 0. The molecular formula is C8H14OS. The van der Waals surface area contributed by atoms with E-state index in [0.717, 1.165) is 5.92 Å². The molecule has 1 saturated carbocycles. The fourth-order valence-electron chi connectivity index (χ4n) is 2.40. The molecule has 2 rings (SSSR count). The van der Waals surface area contributed by atoms with Gasteiger partial charge in [-0.2, -0.15) is 0 Å². The van der Waals surface area contributed by atoms with Crippen LogP contribution in [0.5, 0.6) is 0 Å². The number of hydrogen-bond donors (Lipinski definition) is 0. The maximum absolute atomic E-state index is 11.5. The summed E-state index contributed by atoms with van der Waals surface area (Å²) in [7, 11) is -0.473. The predicted molar refractivity (Wildman–Crippen MR) is 43.4 cm³/mol. The molecule has 2 aliphatic rings. The van der Waals surface area contributed by atoms with Crippen LogP contribution in [0, 0.1) is 5.92 Å². The lowest BCUT2D eigenvalue weighted by Crippen LogP contribution is -2.12. The van der Waals surface area contributed by atoms with E-state index in [9.17, 15) is 4.21 Å². The Balaban J connectivity index is 2.17. The van der Waals surface area contributed by atoms with Crippen molar-refractivity contribution in [1.29, 1.82) is 0 Å². The lowest BCUT2D eigenvalue weighted by molar-refractivity contribution is 0.542. The minimum atomic E-state index is -0.473. The van der Waals surface area contributed by atoms with Crippen molar-refractivity contribution in [2.75, 3.05) is 0 Å². The highest BCUT2D eigenvalue weighted by Crippen LogP contribution is 2.40. The van der Waals surface area contributed by atoms with Gasteiger partial charge >= 0.3 is 0 Å². The Morgan fingerprint density at radius 3 is 2.90 bits per heavy atom. The summed E-state index contributed by atoms with van der Waals surface area (Å²) in [4.78, 5) is 0. The number of fused-ring (bicyclic) bond motifs is 1. The quantitative estimate of drug-likeness (QED) is 0.524. The van der Waals surface area contributed by atoms with Crippen LogP contribution in [0.4, 0.5) is 0 Å². The molecule has 0 aromatic heterocycles. The summed E-state index contributed by atoms with van der Waals surface area (Å²) in [5, 5.41) is 1.09. The zero-order valence-corrected chi connectivity index (χ0v) is 7.19. The molecule has 1 unspecified atom stereocenters. The van der Waals surface area contributed by atoms with Crippen LogP contribution >= 0.6 is 0 Å². The van der Waals surface area contributed by atoms with Crippen molar-refractivity contribution in [3.63, 3.8) is 0 Å². The van der Waals surface area contributed by atoms with Gasteiger partial charge in [-0.05, 0) is 25.2 Å². The Bertz CT molecular complexity index is 167. The summed E-state index contributed by atoms with van der Waals surface area (Å²) in [6, 6.07) is 0. The molecule has 1 aliphatic carbocycles. The minimum absolute atomic E-state index is 0.473. The molecule has 0 radical (unpaired) electrons. The van der Waals surface area contributed by atoms with E-state index in [4.69, 9.17) is 0 Å². The summed E-state index contributed by atoms with van der Waals surface area (Å²) in [5.74, 6) is 0.829. The van der Waals surface area contributed by atoms with Gasteiger partial charge in [0.15, 0.2) is 0 Å². The normalized spacial score (nSPS) is 53.3. The summed E-state index contributed by atoms with van der Waals surface area (Å²) in [5.41, 5.74) is 0. The van der Waals surface area contributed by atoms with E-state index in [1.807, 2.05) is 0 Å². The molecule has 0 bridgehead atoms. The van der Waals surface area contributed by atoms with E-state index in [1.54, 1.807) is 0 Å².